The zero-order valence-corrected chi connectivity index (χ0v) is 11.2. The Balaban J connectivity index is 2.68. The second kappa shape index (κ2) is 6.72. The van der Waals surface area contributed by atoms with E-state index >= 15 is 0 Å². The summed E-state index contributed by atoms with van der Waals surface area (Å²) in [5.74, 6) is -0.662. The van der Waals surface area contributed by atoms with Gasteiger partial charge < -0.3 is 16.0 Å². The van der Waals surface area contributed by atoms with Crippen molar-refractivity contribution in [2.75, 3.05) is 13.1 Å². The summed E-state index contributed by atoms with van der Waals surface area (Å²) in [6.45, 7) is 5.08. The van der Waals surface area contributed by atoms with Crippen molar-refractivity contribution < 1.29 is 9.18 Å². The highest BCUT2D eigenvalue weighted by Crippen LogP contribution is 2.10. The zero-order valence-electron chi connectivity index (χ0n) is 11.2. The van der Waals surface area contributed by atoms with Gasteiger partial charge in [-0.25, -0.2) is 9.18 Å². The summed E-state index contributed by atoms with van der Waals surface area (Å²) in [5.41, 5.74) is 5.97. The van der Waals surface area contributed by atoms with Crippen LogP contribution in [0.2, 0.25) is 0 Å². The number of rotatable bonds is 5. The van der Waals surface area contributed by atoms with Crippen molar-refractivity contribution in [2.45, 2.75) is 20.4 Å². The van der Waals surface area contributed by atoms with Crippen LogP contribution in [0.3, 0.4) is 0 Å². The standard InChI is InChI=1S/C13H19FN4O/c1-3-18(4-2)13(19)17-8-10-6-5-9(12(15)16)7-11(10)14/h5-7H,3-4,8H2,1-2H3,(H3,15,16)(H,17,19). The van der Waals surface area contributed by atoms with Gasteiger partial charge in [0.15, 0.2) is 0 Å². The Morgan fingerprint density at radius 1 is 1.42 bits per heavy atom. The van der Waals surface area contributed by atoms with E-state index < -0.39 is 5.82 Å². The Labute approximate surface area is 112 Å². The van der Waals surface area contributed by atoms with Crippen LogP contribution in [-0.4, -0.2) is 29.9 Å². The quantitative estimate of drug-likeness (QED) is 0.559. The number of hydrogen-bond donors (Lipinski definition) is 3. The highest BCUT2D eigenvalue weighted by atomic mass is 19.1. The number of halogens is 1. The number of nitrogens with zero attached hydrogens (tertiary/aromatic N) is 1. The van der Waals surface area contributed by atoms with E-state index in [0.29, 0.717) is 24.2 Å². The molecule has 6 heteroatoms. The van der Waals surface area contributed by atoms with Crippen molar-refractivity contribution in [1.82, 2.24) is 10.2 Å². The van der Waals surface area contributed by atoms with Crippen molar-refractivity contribution in [1.29, 1.82) is 5.41 Å². The van der Waals surface area contributed by atoms with Gasteiger partial charge in [-0.1, -0.05) is 12.1 Å². The molecule has 4 N–H and O–H groups in total. The number of amides is 2. The molecule has 0 saturated heterocycles. The highest BCUT2D eigenvalue weighted by Gasteiger charge is 2.10. The molecule has 0 saturated carbocycles. The molecule has 0 unspecified atom stereocenters. The summed E-state index contributed by atoms with van der Waals surface area (Å²) in [5, 5.41) is 9.87. The van der Waals surface area contributed by atoms with E-state index in [0.717, 1.165) is 0 Å². The number of carbonyl (C=O) groups is 1. The second-order valence-corrected chi connectivity index (χ2v) is 4.05. The maximum atomic E-state index is 13.7. The third-order valence-corrected chi connectivity index (χ3v) is 2.84. The van der Waals surface area contributed by atoms with E-state index in [2.05, 4.69) is 5.32 Å². The van der Waals surface area contributed by atoms with Crippen molar-refractivity contribution in [3.63, 3.8) is 0 Å². The lowest BCUT2D eigenvalue weighted by Gasteiger charge is -2.19. The molecule has 0 fully saturated rings. The summed E-state index contributed by atoms with van der Waals surface area (Å²) in [7, 11) is 0. The first-order valence-corrected chi connectivity index (χ1v) is 6.15. The van der Waals surface area contributed by atoms with E-state index in [1.807, 2.05) is 13.8 Å². The molecule has 0 radical (unpaired) electrons. The summed E-state index contributed by atoms with van der Waals surface area (Å²) in [6.07, 6.45) is 0. The Morgan fingerprint density at radius 3 is 2.53 bits per heavy atom. The van der Waals surface area contributed by atoms with Gasteiger partial charge in [0, 0.05) is 30.8 Å². The lowest BCUT2D eigenvalue weighted by Crippen LogP contribution is -2.39. The molecule has 1 rings (SSSR count). The monoisotopic (exact) mass is 266 g/mol. The van der Waals surface area contributed by atoms with Gasteiger partial charge in [-0.15, -0.1) is 0 Å². The number of amidine groups is 1. The maximum Gasteiger partial charge on any atom is 0.317 e. The SMILES string of the molecule is CCN(CC)C(=O)NCc1ccc(C(=N)N)cc1F. The highest BCUT2D eigenvalue weighted by molar-refractivity contribution is 5.94. The molecule has 0 atom stereocenters. The molecule has 0 bridgehead atoms. The van der Waals surface area contributed by atoms with E-state index in [9.17, 15) is 9.18 Å². The van der Waals surface area contributed by atoms with Crippen LogP contribution < -0.4 is 11.1 Å². The van der Waals surface area contributed by atoms with E-state index in [-0.39, 0.29) is 18.4 Å². The van der Waals surface area contributed by atoms with Gasteiger partial charge in [-0.3, -0.25) is 5.41 Å². The number of urea groups is 1. The van der Waals surface area contributed by atoms with Crippen LogP contribution in [0.15, 0.2) is 18.2 Å². The summed E-state index contributed by atoms with van der Waals surface area (Å²) >= 11 is 0. The molecule has 0 aliphatic carbocycles. The topological polar surface area (TPSA) is 82.2 Å². The minimum atomic E-state index is -0.479. The molecule has 1 aromatic carbocycles. The van der Waals surface area contributed by atoms with Crippen LogP contribution in [-0.2, 0) is 6.54 Å². The van der Waals surface area contributed by atoms with Gasteiger partial charge in [0.05, 0.1) is 0 Å². The fraction of sp³-hybridized carbons (Fsp3) is 0.385. The molecule has 0 aliphatic heterocycles. The molecule has 0 aliphatic rings. The third-order valence-electron chi connectivity index (χ3n) is 2.84. The average molecular weight is 266 g/mol. The van der Waals surface area contributed by atoms with Crippen LogP contribution in [0.4, 0.5) is 9.18 Å². The first-order valence-electron chi connectivity index (χ1n) is 6.15. The van der Waals surface area contributed by atoms with Crippen molar-refractivity contribution in [3.8, 4) is 0 Å². The van der Waals surface area contributed by atoms with Crippen LogP contribution in [0, 0.1) is 11.2 Å². The molecule has 0 heterocycles. The Bertz CT molecular complexity index is 472. The van der Waals surface area contributed by atoms with Crippen LogP contribution in [0.1, 0.15) is 25.0 Å². The van der Waals surface area contributed by atoms with Crippen LogP contribution in [0.25, 0.3) is 0 Å². The smallest absolute Gasteiger partial charge is 0.317 e. The second-order valence-electron chi connectivity index (χ2n) is 4.05. The first kappa shape index (κ1) is 14.9. The number of hydrogen-bond acceptors (Lipinski definition) is 2. The average Bonchev–Trinajstić information content (AvgIpc) is 2.38. The zero-order chi connectivity index (χ0) is 14.4. The number of carbonyl (C=O) groups excluding carboxylic acids is 1. The molecule has 19 heavy (non-hydrogen) atoms. The minimum Gasteiger partial charge on any atom is -0.384 e. The molecular formula is C13H19FN4O. The largest absolute Gasteiger partial charge is 0.384 e. The number of nitrogens with two attached hydrogens (primary N) is 1. The van der Waals surface area contributed by atoms with Gasteiger partial charge in [0.1, 0.15) is 11.7 Å². The number of nitrogens with one attached hydrogen (secondary N) is 2. The summed E-state index contributed by atoms with van der Waals surface area (Å²) in [6, 6.07) is 4.06. The lowest BCUT2D eigenvalue weighted by atomic mass is 10.1. The predicted molar refractivity (Wildman–Crippen MR) is 72.6 cm³/mol. The van der Waals surface area contributed by atoms with Crippen molar-refractivity contribution >= 4 is 11.9 Å². The number of nitrogen functional groups attached to an aromatic ring is 1. The fourth-order valence-corrected chi connectivity index (χ4v) is 1.65. The molecule has 5 nitrogen and oxygen atoms in total. The first-order chi connectivity index (χ1) is 8.99. The molecule has 2 amide bonds. The Kier molecular flexibility index (Phi) is 5.29. The fourth-order valence-electron chi connectivity index (χ4n) is 1.65. The molecule has 1 aromatic rings. The molecule has 0 spiro atoms. The molecular weight excluding hydrogens is 247 g/mol. The molecule has 0 aromatic heterocycles. The van der Waals surface area contributed by atoms with Crippen LogP contribution in [0.5, 0.6) is 0 Å². The minimum absolute atomic E-state index is 0.110. The van der Waals surface area contributed by atoms with E-state index in [1.54, 1.807) is 11.0 Å². The van der Waals surface area contributed by atoms with Gasteiger partial charge in [-0.2, -0.15) is 0 Å². The summed E-state index contributed by atoms with van der Waals surface area (Å²) < 4.78 is 13.7. The van der Waals surface area contributed by atoms with Crippen molar-refractivity contribution in [2.24, 2.45) is 5.73 Å². The maximum absolute atomic E-state index is 13.7. The van der Waals surface area contributed by atoms with Gasteiger partial charge in [-0.05, 0) is 19.9 Å². The number of benzene rings is 1. The van der Waals surface area contributed by atoms with Crippen LogP contribution >= 0.6 is 0 Å². The lowest BCUT2D eigenvalue weighted by molar-refractivity contribution is 0.202. The predicted octanol–water partition coefficient (Wildman–Crippen LogP) is 1.66. The Hall–Kier alpha value is -2.11. The Morgan fingerprint density at radius 2 is 2.05 bits per heavy atom. The van der Waals surface area contributed by atoms with E-state index in [1.165, 1.54) is 12.1 Å². The molecule has 104 valence electrons. The summed E-state index contributed by atoms with van der Waals surface area (Å²) in [4.78, 5) is 13.3. The van der Waals surface area contributed by atoms with Gasteiger partial charge >= 0.3 is 6.03 Å². The van der Waals surface area contributed by atoms with E-state index in [4.69, 9.17) is 11.1 Å². The van der Waals surface area contributed by atoms with Crippen molar-refractivity contribution in [3.05, 3.63) is 35.1 Å². The van der Waals surface area contributed by atoms with Gasteiger partial charge in [0.2, 0.25) is 0 Å². The van der Waals surface area contributed by atoms with Gasteiger partial charge in [0.25, 0.3) is 0 Å². The normalized spacial score (nSPS) is 10.1. The third kappa shape index (κ3) is 3.94.